The Balaban J connectivity index is 3.04. The van der Waals surface area contributed by atoms with Gasteiger partial charge in [-0.3, -0.25) is 0 Å². The van der Waals surface area contributed by atoms with Gasteiger partial charge in [0.05, 0.1) is 18.0 Å². The largest absolute Gasteiger partial charge is 0.320 e. The maximum absolute atomic E-state index is 12.8. The molecule has 0 amide bonds. The van der Waals surface area contributed by atoms with Gasteiger partial charge < -0.3 is 5.73 Å². The monoisotopic (exact) mass is 324 g/mol. The summed E-state index contributed by atoms with van der Waals surface area (Å²) in [5.74, 6) is 0.441. The molecule has 4 nitrogen and oxygen atoms in total. The summed E-state index contributed by atoms with van der Waals surface area (Å²) in [5, 5.41) is 0. The molecule has 0 aliphatic heterocycles. The smallest absolute Gasteiger partial charge is 0.320 e. The first-order valence-corrected chi connectivity index (χ1v) is 7.12. The topological polar surface area (TPSA) is 72.2 Å². The highest BCUT2D eigenvalue weighted by Gasteiger charge is 2.41. The summed E-state index contributed by atoms with van der Waals surface area (Å²) in [6.45, 7) is -1.73. The zero-order valence-electron chi connectivity index (χ0n) is 10.6. The highest BCUT2D eigenvalue weighted by Crippen LogP contribution is 2.23. The fourth-order valence-corrected chi connectivity index (χ4v) is 2.50. The van der Waals surface area contributed by atoms with Gasteiger partial charge in [0.2, 0.25) is 10.0 Å². The van der Waals surface area contributed by atoms with Gasteiger partial charge in [-0.25, -0.2) is 21.9 Å². The van der Waals surface area contributed by atoms with Gasteiger partial charge in [0.1, 0.15) is 0 Å². The van der Waals surface area contributed by atoms with Gasteiger partial charge in [0, 0.05) is 5.56 Å². The second-order valence-corrected chi connectivity index (χ2v) is 5.62. The highest BCUT2D eigenvalue weighted by atomic mass is 32.2. The predicted molar refractivity (Wildman–Crippen MR) is 68.5 cm³/mol. The van der Waals surface area contributed by atoms with Gasteiger partial charge in [-0.05, 0) is 12.1 Å². The van der Waals surface area contributed by atoms with Crippen molar-refractivity contribution in [2.24, 2.45) is 5.73 Å². The molecule has 0 heterocycles. The van der Waals surface area contributed by atoms with Gasteiger partial charge in [-0.2, -0.15) is 8.78 Å². The molecule has 0 spiro atoms. The summed E-state index contributed by atoms with van der Waals surface area (Å²) >= 11 is 0. The van der Waals surface area contributed by atoms with Gasteiger partial charge in [0.25, 0.3) is 0 Å². The Labute approximate surface area is 119 Å². The molecule has 1 rings (SSSR count). The molecule has 0 aliphatic carbocycles. The van der Waals surface area contributed by atoms with Crippen LogP contribution in [0.15, 0.2) is 29.2 Å². The lowest BCUT2D eigenvalue weighted by atomic mass is 10.2. The van der Waals surface area contributed by atoms with Crippen LogP contribution in [0.3, 0.4) is 0 Å². The molecule has 1 aromatic rings. The van der Waals surface area contributed by atoms with Crippen molar-refractivity contribution in [1.82, 2.24) is 4.72 Å². The Morgan fingerprint density at radius 3 is 2.48 bits per heavy atom. The number of sulfonamides is 1. The number of nitrogens with one attached hydrogen (secondary N) is 1. The Morgan fingerprint density at radius 1 is 1.29 bits per heavy atom. The van der Waals surface area contributed by atoms with Crippen LogP contribution in [0, 0.1) is 11.8 Å². The van der Waals surface area contributed by atoms with Crippen molar-refractivity contribution < 1.29 is 26.0 Å². The molecule has 0 aromatic heterocycles. The molecule has 0 atom stereocenters. The molecule has 0 aliphatic rings. The van der Waals surface area contributed by atoms with Crippen LogP contribution < -0.4 is 10.5 Å². The number of hydrogen-bond donors (Lipinski definition) is 2. The number of nitrogens with two attached hydrogens (primary N) is 1. The van der Waals surface area contributed by atoms with Crippen LogP contribution in [0.1, 0.15) is 5.56 Å². The van der Waals surface area contributed by atoms with Crippen LogP contribution in [0.5, 0.6) is 0 Å². The molecule has 0 saturated heterocycles. The third-order valence-electron chi connectivity index (χ3n) is 2.32. The first-order valence-electron chi connectivity index (χ1n) is 5.64. The summed E-state index contributed by atoms with van der Waals surface area (Å²) < 4.78 is 74.8. The average molecular weight is 324 g/mol. The molecule has 21 heavy (non-hydrogen) atoms. The van der Waals surface area contributed by atoms with E-state index in [1.807, 2.05) is 0 Å². The molecule has 3 N–H and O–H groups in total. The number of halogens is 4. The van der Waals surface area contributed by atoms with Crippen molar-refractivity contribution in [2.75, 3.05) is 13.1 Å². The average Bonchev–Trinajstić information content (AvgIpc) is 2.43. The van der Waals surface area contributed by atoms with E-state index >= 15 is 0 Å². The molecule has 0 unspecified atom stereocenters. The van der Waals surface area contributed by atoms with Crippen molar-refractivity contribution in [3.63, 3.8) is 0 Å². The minimum absolute atomic E-state index is 0.0226. The third-order valence-corrected chi connectivity index (χ3v) is 3.78. The summed E-state index contributed by atoms with van der Waals surface area (Å²) in [4.78, 5) is -0.379. The summed E-state index contributed by atoms with van der Waals surface area (Å²) in [6.07, 6.45) is -3.97. The molecule has 116 valence electrons. The Kier molecular flexibility index (Phi) is 5.71. The van der Waals surface area contributed by atoms with E-state index in [1.54, 1.807) is 0 Å². The normalized spacial score (nSPS) is 12.1. The summed E-state index contributed by atoms with van der Waals surface area (Å²) in [5.41, 5.74) is 5.20. The Morgan fingerprint density at radius 2 is 1.90 bits per heavy atom. The lowest BCUT2D eigenvalue weighted by molar-refractivity contribution is -0.122. The van der Waals surface area contributed by atoms with Crippen molar-refractivity contribution in [3.05, 3.63) is 29.8 Å². The lowest BCUT2D eigenvalue weighted by Crippen LogP contribution is -2.41. The zero-order chi connectivity index (χ0) is 16.1. The van der Waals surface area contributed by atoms with E-state index < -0.39 is 28.9 Å². The van der Waals surface area contributed by atoms with Crippen molar-refractivity contribution in [1.29, 1.82) is 0 Å². The molecular weight excluding hydrogens is 312 g/mol. The van der Waals surface area contributed by atoms with E-state index in [0.29, 0.717) is 0 Å². The van der Waals surface area contributed by atoms with Crippen LogP contribution in [0.25, 0.3) is 0 Å². The quantitative estimate of drug-likeness (QED) is 0.631. The predicted octanol–water partition coefficient (Wildman–Crippen LogP) is 1.18. The van der Waals surface area contributed by atoms with Crippen LogP contribution in [0.2, 0.25) is 0 Å². The standard InChI is InChI=1S/C12H12F4N2O2S/c13-11(14)12(15,16)8-18-21(19,20)10-6-2-1-4-9(10)5-3-7-17/h1-2,4,6,11,18H,7-8,17H2. The molecule has 0 radical (unpaired) electrons. The van der Waals surface area contributed by atoms with Crippen molar-refractivity contribution >= 4 is 10.0 Å². The molecule has 0 bridgehead atoms. The van der Waals surface area contributed by atoms with E-state index in [2.05, 4.69) is 11.8 Å². The van der Waals surface area contributed by atoms with E-state index in [1.165, 1.54) is 22.9 Å². The number of benzene rings is 1. The van der Waals surface area contributed by atoms with Crippen LogP contribution in [-0.4, -0.2) is 33.9 Å². The van der Waals surface area contributed by atoms with Crippen LogP contribution >= 0.6 is 0 Å². The number of hydrogen-bond acceptors (Lipinski definition) is 3. The second-order valence-electron chi connectivity index (χ2n) is 3.89. The fraction of sp³-hybridized carbons (Fsp3) is 0.333. The highest BCUT2D eigenvalue weighted by molar-refractivity contribution is 7.89. The minimum atomic E-state index is -4.45. The zero-order valence-corrected chi connectivity index (χ0v) is 11.4. The lowest BCUT2D eigenvalue weighted by Gasteiger charge is -2.16. The van der Waals surface area contributed by atoms with E-state index in [9.17, 15) is 26.0 Å². The van der Waals surface area contributed by atoms with Gasteiger partial charge >= 0.3 is 12.3 Å². The number of alkyl halides is 4. The summed E-state index contributed by atoms with van der Waals surface area (Å²) in [7, 11) is -4.39. The molecule has 0 fully saturated rings. The van der Waals surface area contributed by atoms with E-state index in [0.717, 1.165) is 6.07 Å². The van der Waals surface area contributed by atoms with Gasteiger partial charge in [0.15, 0.2) is 0 Å². The molecular formula is C12H12F4N2O2S. The first-order chi connectivity index (χ1) is 9.70. The maximum Gasteiger partial charge on any atom is 0.320 e. The number of rotatable bonds is 5. The van der Waals surface area contributed by atoms with Crippen LogP contribution in [0.4, 0.5) is 17.6 Å². The Hall–Kier alpha value is -1.63. The fourth-order valence-electron chi connectivity index (χ4n) is 1.30. The third kappa shape index (κ3) is 4.70. The van der Waals surface area contributed by atoms with Gasteiger partial charge in [-0.15, -0.1) is 0 Å². The van der Waals surface area contributed by atoms with E-state index in [-0.39, 0.29) is 17.0 Å². The Bertz CT molecular complexity index is 651. The molecule has 0 saturated carbocycles. The van der Waals surface area contributed by atoms with E-state index in [4.69, 9.17) is 5.73 Å². The van der Waals surface area contributed by atoms with Gasteiger partial charge in [-0.1, -0.05) is 24.0 Å². The molecule has 1 aromatic carbocycles. The maximum atomic E-state index is 12.8. The SMILES string of the molecule is NCC#Cc1ccccc1S(=O)(=O)NCC(F)(F)C(F)F. The van der Waals surface area contributed by atoms with Crippen molar-refractivity contribution in [3.8, 4) is 11.8 Å². The molecule has 9 heteroatoms. The minimum Gasteiger partial charge on any atom is -0.320 e. The summed E-state index contributed by atoms with van der Waals surface area (Å²) in [6, 6.07) is 5.33. The van der Waals surface area contributed by atoms with Crippen LogP contribution in [-0.2, 0) is 10.0 Å². The first kappa shape index (κ1) is 17.4. The second kappa shape index (κ2) is 6.89. The van der Waals surface area contributed by atoms with Crippen molar-refractivity contribution in [2.45, 2.75) is 17.2 Å².